The van der Waals surface area contributed by atoms with E-state index >= 15 is 0 Å². The minimum atomic E-state index is -3.29. The normalized spacial score (nSPS) is 13.1. The van der Waals surface area contributed by atoms with Crippen LogP contribution in [-0.4, -0.2) is 26.1 Å². The Morgan fingerprint density at radius 2 is 1.70 bits per heavy atom. The molecule has 0 unspecified atom stereocenters. The number of sulfonamides is 1. The SMILES string of the molecule is CCS(=O)(=O)Nc1ccc(NC(=O)[C@@H](N)C(C)C)cc1. The first-order chi connectivity index (χ1) is 9.25. The predicted octanol–water partition coefficient (Wildman–Crippen LogP) is 1.37. The molecular weight excluding hydrogens is 278 g/mol. The molecule has 20 heavy (non-hydrogen) atoms. The lowest BCUT2D eigenvalue weighted by molar-refractivity contribution is -0.118. The Morgan fingerprint density at radius 3 is 2.15 bits per heavy atom. The third-order valence-electron chi connectivity index (χ3n) is 2.83. The standard InChI is InChI=1S/C13H21N3O3S/c1-4-20(18,19)16-11-7-5-10(6-8-11)15-13(17)12(14)9(2)3/h5-9,12,16H,4,14H2,1-3H3,(H,15,17)/t12-/m0/s1. The van der Waals surface area contributed by atoms with E-state index in [2.05, 4.69) is 10.0 Å². The fourth-order valence-electron chi connectivity index (χ4n) is 1.40. The van der Waals surface area contributed by atoms with Crippen LogP contribution in [-0.2, 0) is 14.8 Å². The highest BCUT2D eigenvalue weighted by Gasteiger charge is 2.17. The van der Waals surface area contributed by atoms with Crippen molar-refractivity contribution in [2.24, 2.45) is 11.7 Å². The van der Waals surface area contributed by atoms with Crippen LogP contribution >= 0.6 is 0 Å². The van der Waals surface area contributed by atoms with Gasteiger partial charge in [0, 0.05) is 11.4 Å². The van der Waals surface area contributed by atoms with Crippen LogP contribution in [0.1, 0.15) is 20.8 Å². The summed E-state index contributed by atoms with van der Waals surface area (Å²) < 4.78 is 25.2. The van der Waals surface area contributed by atoms with Gasteiger partial charge in [0.2, 0.25) is 15.9 Å². The van der Waals surface area contributed by atoms with Crippen molar-refractivity contribution in [2.75, 3.05) is 15.8 Å². The van der Waals surface area contributed by atoms with Crippen LogP contribution in [0.2, 0.25) is 0 Å². The van der Waals surface area contributed by atoms with E-state index in [1.165, 1.54) is 0 Å². The summed E-state index contributed by atoms with van der Waals surface area (Å²) >= 11 is 0. The van der Waals surface area contributed by atoms with Gasteiger partial charge in [-0.25, -0.2) is 8.42 Å². The predicted molar refractivity (Wildman–Crippen MR) is 81.0 cm³/mol. The number of hydrogen-bond donors (Lipinski definition) is 3. The van der Waals surface area contributed by atoms with Gasteiger partial charge < -0.3 is 11.1 Å². The van der Waals surface area contributed by atoms with E-state index in [1.54, 1.807) is 31.2 Å². The van der Waals surface area contributed by atoms with Crippen molar-refractivity contribution >= 4 is 27.3 Å². The Balaban J connectivity index is 2.70. The zero-order valence-corrected chi connectivity index (χ0v) is 12.7. The Labute approximate surface area is 119 Å². The average Bonchev–Trinajstić information content (AvgIpc) is 2.39. The fourth-order valence-corrected chi connectivity index (χ4v) is 2.04. The number of hydrogen-bond acceptors (Lipinski definition) is 4. The number of carbonyl (C=O) groups excluding carboxylic acids is 1. The van der Waals surface area contributed by atoms with Crippen LogP contribution in [0.25, 0.3) is 0 Å². The second-order valence-corrected chi connectivity index (χ2v) is 6.85. The Bertz CT molecular complexity index is 553. The van der Waals surface area contributed by atoms with E-state index in [1.807, 2.05) is 13.8 Å². The number of rotatable bonds is 6. The second-order valence-electron chi connectivity index (χ2n) is 4.84. The summed E-state index contributed by atoms with van der Waals surface area (Å²) in [5.41, 5.74) is 6.77. The van der Waals surface area contributed by atoms with E-state index in [4.69, 9.17) is 5.73 Å². The Hall–Kier alpha value is -1.60. The molecule has 0 heterocycles. The maximum Gasteiger partial charge on any atom is 0.241 e. The first kappa shape index (κ1) is 16.5. The molecule has 0 bridgehead atoms. The number of nitrogens with two attached hydrogens (primary N) is 1. The highest BCUT2D eigenvalue weighted by molar-refractivity contribution is 7.92. The summed E-state index contributed by atoms with van der Waals surface area (Å²) in [6, 6.07) is 5.85. The summed E-state index contributed by atoms with van der Waals surface area (Å²) in [6.07, 6.45) is 0. The van der Waals surface area contributed by atoms with Gasteiger partial charge >= 0.3 is 0 Å². The first-order valence-electron chi connectivity index (χ1n) is 6.42. The quantitative estimate of drug-likeness (QED) is 0.738. The summed E-state index contributed by atoms with van der Waals surface area (Å²) in [5, 5.41) is 2.69. The molecule has 6 nitrogen and oxygen atoms in total. The van der Waals surface area contributed by atoms with Gasteiger partial charge in [0.25, 0.3) is 0 Å². The summed E-state index contributed by atoms with van der Waals surface area (Å²) in [4.78, 5) is 11.8. The molecule has 0 aliphatic carbocycles. The topological polar surface area (TPSA) is 101 Å². The lowest BCUT2D eigenvalue weighted by Gasteiger charge is -2.15. The fraction of sp³-hybridized carbons (Fsp3) is 0.462. The third kappa shape index (κ3) is 4.82. The van der Waals surface area contributed by atoms with Gasteiger partial charge in [-0.05, 0) is 37.1 Å². The number of nitrogens with one attached hydrogen (secondary N) is 2. The number of amides is 1. The van der Waals surface area contributed by atoms with E-state index in [0.29, 0.717) is 11.4 Å². The van der Waals surface area contributed by atoms with Crippen molar-refractivity contribution in [3.63, 3.8) is 0 Å². The minimum absolute atomic E-state index is 0.00866. The third-order valence-corrected chi connectivity index (χ3v) is 4.13. The highest BCUT2D eigenvalue weighted by Crippen LogP contribution is 2.15. The molecular formula is C13H21N3O3S. The minimum Gasteiger partial charge on any atom is -0.325 e. The van der Waals surface area contributed by atoms with Crippen LogP contribution in [0.15, 0.2) is 24.3 Å². The van der Waals surface area contributed by atoms with Crippen molar-refractivity contribution in [3.05, 3.63) is 24.3 Å². The van der Waals surface area contributed by atoms with Crippen LogP contribution in [0, 0.1) is 5.92 Å². The smallest absolute Gasteiger partial charge is 0.241 e. The van der Waals surface area contributed by atoms with Gasteiger partial charge in [-0.2, -0.15) is 0 Å². The molecule has 7 heteroatoms. The van der Waals surface area contributed by atoms with Crippen LogP contribution in [0.4, 0.5) is 11.4 Å². The molecule has 0 fully saturated rings. The lowest BCUT2D eigenvalue weighted by atomic mass is 10.0. The zero-order chi connectivity index (χ0) is 15.3. The summed E-state index contributed by atoms with van der Waals surface area (Å²) in [7, 11) is -3.29. The molecule has 4 N–H and O–H groups in total. The molecule has 1 atom stereocenters. The Kier molecular flexibility index (Phi) is 5.52. The van der Waals surface area contributed by atoms with Gasteiger partial charge in [-0.3, -0.25) is 9.52 Å². The lowest BCUT2D eigenvalue weighted by Crippen LogP contribution is -2.39. The number of carbonyl (C=O) groups is 1. The van der Waals surface area contributed by atoms with Crippen molar-refractivity contribution < 1.29 is 13.2 Å². The monoisotopic (exact) mass is 299 g/mol. The van der Waals surface area contributed by atoms with Crippen molar-refractivity contribution in [3.8, 4) is 0 Å². The van der Waals surface area contributed by atoms with Gasteiger partial charge in [-0.15, -0.1) is 0 Å². The van der Waals surface area contributed by atoms with Crippen molar-refractivity contribution in [1.82, 2.24) is 0 Å². The first-order valence-corrected chi connectivity index (χ1v) is 8.07. The zero-order valence-electron chi connectivity index (χ0n) is 11.9. The maximum atomic E-state index is 11.8. The molecule has 0 aromatic heterocycles. The molecule has 0 aliphatic rings. The van der Waals surface area contributed by atoms with Gasteiger partial charge in [0.15, 0.2) is 0 Å². The van der Waals surface area contributed by atoms with Crippen LogP contribution < -0.4 is 15.8 Å². The number of benzene rings is 1. The van der Waals surface area contributed by atoms with Gasteiger partial charge in [0.1, 0.15) is 0 Å². The van der Waals surface area contributed by atoms with E-state index in [0.717, 1.165) is 0 Å². The van der Waals surface area contributed by atoms with Gasteiger partial charge in [0.05, 0.1) is 11.8 Å². The largest absolute Gasteiger partial charge is 0.325 e. The van der Waals surface area contributed by atoms with Crippen molar-refractivity contribution in [1.29, 1.82) is 0 Å². The van der Waals surface area contributed by atoms with Crippen LogP contribution in [0.3, 0.4) is 0 Å². The van der Waals surface area contributed by atoms with Crippen LogP contribution in [0.5, 0.6) is 0 Å². The highest BCUT2D eigenvalue weighted by atomic mass is 32.2. The van der Waals surface area contributed by atoms with Crippen molar-refractivity contribution in [2.45, 2.75) is 26.8 Å². The Morgan fingerprint density at radius 1 is 1.20 bits per heavy atom. The van der Waals surface area contributed by atoms with E-state index in [-0.39, 0.29) is 17.6 Å². The summed E-state index contributed by atoms with van der Waals surface area (Å²) in [6.45, 7) is 5.30. The summed E-state index contributed by atoms with van der Waals surface area (Å²) in [5.74, 6) is -0.207. The molecule has 0 radical (unpaired) electrons. The molecule has 1 amide bonds. The molecule has 1 aromatic carbocycles. The molecule has 0 saturated heterocycles. The average molecular weight is 299 g/mol. The molecule has 0 saturated carbocycles. The number of anilines is 2. The van der Waals surface area contributed by atoms with Gasteiger partial charge in [-0.1, -0.05) is 13.8 Å². The molecule has 0 spiro atoms. The maximum absolute atomic E-state index is 11.8. The molecule has 0 aliphatic heterocycles. The second kappa shape index (κ2) is 6.71. The molecule has 1 aromatic rings. The molecule has 1 rings (SSSR count). The van der Waals surface area contributed by atoms with E-state index in [9.17, 15) is 13.2 Å². The van der Waals surface area contributed by atoms with E-state index < -0.39 is 16.1 Å². The molecule has 112 valence electrons.